The third kappa shape index (κ3) is 5.89. The Bertz CT molecular complexity index is 1130. The molecular formula is C25H29F2N5O2. The summed E-state index contributed by atoms with van der Waals surface area (Å²) in [7, 11) is 3.93. The average molecular weight is 470 g/mol. The first-order chi connectivity index (χ1) is 16.4. The van der Waals surface area contributed by atoms with Crippen LogP contribution in [-0.2, 0) is 11.3 Å². The van der Waals surface area contributed by atoms with E-state index in [1.165, 1.54) is 12.1 Å². The van der Waals surface area contributed by atoms with Crippen LogP contribution >= 0.6 is 0 Å². The number of benzene rings is 2. The van der Waals surface area contributed by atoms with Gasteiger partial charge in [-0.05, 0) is 55.5 Å². The van der Waals surface area contributed by atoms with Gasteiger partial charge in [0.1, 0.15) is 11.6 Å². The quantitative estimate of drug-likeness (QED) is 0.503. The van der Waals surface area contributed by atoms with Gasteiger partial charge in [0.05, 0.1) is 5.52 Å². The monoisotopic (exact) mass is 469 g/mol. The number of carbonyl (C=O) groups excluding carboxylic acids is 1. The highest BCUT2D eigenvalue weighted by molar-refractivity contribution is 5.90. The van der Waals surface area contributed by atoms with Gasteiger partial charge in [-0.15, -0.1) is 0 Å². The van der Waals surface area contributed by atoms with Crippen molar-refractivity contribution in [2.75, 3.05) is 24.3 Å². The largest absolute Gasteiger partial charge is 0.435 e. The number of hydrogen-bond donors (Lipinski definition) is 2. The maximum atomic E-state index is 12.7. The van der Waals surface area contributed by atoms with Gasteiger partial charge >= 0.3 is 6.61 Å². The molecule has 180 valence electrons. The molecule has 0 bridgehead atoms. The number of fused-ring (bicyclic) bond motifs is 1. The number of anilines is 2. The minimum Gasteiger partial charge on any atom is -0.435 e. The van der Waals surface area contributed by atoms with E-state index in [4.69, 9.17) is 4.98 Å². The summed E-state index contributed by atoms with van der Waals surface area (Å²) >= 11 is 0. The number of para-hydroxylation sites is 1. The average Bonchev–Trinajstić information content (AvgIpc) is 2.82. The van der Waals surface area contributed by atoms with Crippen molar-refractivity contribution in [2.24, 2.45) is 5.92 Å². The first kappa shape index (κ1) is 23.7. The number of halogens is 2. The molecule has 1 amide bonds. The van der Waals surface area contributed by atoms with Crippen molar-refractivity contribution in [3.63, 3.8) is 0 Å². The van der Waals surface area contributed by atoms with Gasteiger partial charge in [0.25, 0.3) is 0 Å². The molecule has 2 aromatic carbocycles. The molecule has 1 heterocycles. The second-order valence-corrected chi connectivity index (χ2v) is 8.72. The summed E-state index contributed by atoms with van der Waals surface area (Å²) in [4.78, 5) is 24.0. The molecule has 0 atom stereocenters. The van der Waals surface area contributed by atoms with Crippen LogP contribution in [0.3, 0.4) is 0 Å². The predicted octanol–water partition coefficient (Wildman–Crippen LogP) is 4.58. The van der Waals surface area contributed by atoms with E-state index in [0.717, 1.165) is 42.4 Å². The summed E-state index contributed by atoms with van der Waals surface area (Å²) in [6.07, 6.45) is 3.19. The standard InChI is InChI=1S/C25H29F2N5O2/c1-32(2)22-20-8-3-4-9-21(20)30-25(31-22)29-18-12-10-17(11-13-18)23(33)28-15-16-6-5-7-19(14-16)34-24(26)27/h3-9,14,17-18,24H,10-13,15H2,1-2H3,(H,28,33)(H,29,30,31)/t17-,18+. The van der Waals surface area contributed by atoms with Crippen LogP contribution in [0.25, 0.3) is 10.9 Å². The van der Waals surface area contributed by atoms with Crippen molar-refractivity contribution in [1.29, 1.82) is 0 Å². The topological polar surface area (TPSA) is 79.4 Å². The molecule has 4 rings (SSSR count). The molecule has 0 saturated heterocycles. The van der Waals surface area contributed by atoms with Gasteiger partial charge in [-0.1, -0.05) is 24.3 Å². The second-order valence-electron chi connectivity index (χ2n) is 8.72. The molecule has 7 nitrogen and oxygen atoms in total. The fraction of sp³-hybridized carbons (Fsp3) is 0.400. The number of alkyl halides is 2. The molecule has 9 heteroatoms. The van der Waals surface area contributed by atoms with Crippen LogP contribution in [0.1, 0.15) is 31.2 Å². The van der Waals surface area contributed by atoms with Crippen molar-refractivity contribution in [2.45, 2.75) is 44.9 Å². The maximum absolute atomic E-state index is 12.7. The molecule has 2 N–H and O–H groups in total. The number of hydrogen-bond acceptors (Lipinski definition) is 6. The molecule has 0 aliphatic heterocycles. The Labute approximate surface area is 197 Å². The smallest absolute Gasteiger partial charge is 0.387 e. The van der Waals surface area contributed by atoms with Gasteiger partial charge in [0.2, 0.25) is 11.9 Å². The normalized spacial score (nSPS) is 18.0. The molecule has 1 fully saturated rings. The zero-order valence-corrected chi connectivity index (χ0v) is 19.3. The third-order valence-corrected chi connectivity index (χ3v) is 6.03. The van der Waals surface area contributed by atoms with Crippen LogP contribution in [0.15, 0.2) is 48.5 Å². The summed E-state index contributed by atoms with van der Waals surface area (Å²) < 4.78 is 29.2. The molecule has 0 radical (unpaired) electrons. The Morgan fingerprint density at radius 1 is 1.09 bits per heavy atom. The van der Waals surface area contributed by atoms with E-state index in [2.05, 4.69) is 20.4 Å². The SMILES string of the molecule is CN(C)c1nc(N[C@H]2CC[C@@H](C(=O)NCc3cccc(OC(F)F)c3)CC2)nc2ccccc12. The molecule has 0 spiro atoms. The summed E-state index contributed by atoms with van der Waals surface area (Å²) in [6, 6.07) is 14.5. The Kier molecular flexibility index (Phi) is 7.40. The maximum Gasteiger partial charge on any atom is 0.387 e. The van der Waals surface area contributed by atoms with Crippen LogP contribution in [0.4, 0.5) is 20.5 Å². The molecule has 0 unspecified atom stereocenters. The highest BCUT2D eigenvalue weighted by atomic mass is 19.3. The first-order valence-electron chi connectivity index (χ1n) is 11.4. The summed E-state index contributed by atoms with van der Waals surface area (Å²) in [5.74, 6) is 1.45. The van der Waals surface area contributed by atoms with Crippen LogP contribution in [0.2, 0.25) is 0 Å². The highest BCUT2D eigenvalue weighted by Crippen LogP contribution is 2.28. The molecular weight excluding hydrogens is 440 g/mol. The van der Waals surface area contributed by atoms with Crippen LogP contribution in [-0.4, -0.2) is 42.6 Å². The lowest BCUT2D eigenvalue weighted by molar-refractivity contribution is -0.126. The Morgan fingerprint density at radius 3 is 2.59 bits per heavy atom. The van der Waals surface area contributed by atoms with E-state index < -0.39 is 6.61 Å². The van der Waals surface area contributed by atoms with E-state index in [1.807, 2.05) is 43.3 Å². The van der Waals surface area contributed by atoms with Gasteiger partial charge in [-0.3, -0.25) is 4.79 Å². The number of amides is 1. The predicted molar refractivity (Wildman–Crippen MR) is 128 cm³/mol. The van der Waals surface area contributed by atoms with Crippen molar-refractivity contribution in [3.8, 4) is 5.75 Å². The molecule has 1 aliphatic rings. The van der Waals surface area contributed by atoms with Gasteiger partial charge in [0, 0.05) is 38.0 Å². The van der Waals surface area contributed by atoms with Gasteiger partial charge in [-0.2, -0.15) is 13.8 Å². The highest BCUT2D eigenvalue weighted by Gasteiger charge is 2.27. The van der Waals surface area contributed by atoms with Gasteiger partial charge in [0.15, 0.2) is 0 Å². The van der Waals surface area contributed by atoms with Gasteiger partial charge < -0.3 is 20.3 Å². The number of carbonyl (C=O) groups is 1. The summed E-state index contributed by atoms with van der Waals surface area (Å²) in [6.45, 7) is -2.60. The molecule has 1 saturated carbocycles. The number of rotatable bonds is 8. The molecule has 1 aliphatic carbocycles. The molecule has 1 aromatic heterocycles. The Balaban J connectivity index is 1.30. The second kappa shape index (κ2) is 10.6. The number of nitrogens with zero attached hydrogens (tertiary/aromatic N) is 3. The van der Waals surface area contributed by atoms with E-state index in [9.17, 15) is 13.6 Å². The third-order valence-electron chi connectivity index (χ3n) is 6.03. The van der Waals surface area contributed by atoms with Gasteiger partial charge in [-0.25, -0.2) is 4.98 Å². The minimum absolute atomic E-state index is 0.0181. The van der Waals surface area contributed by atoms with Crippen LogP contribution < -0.4 is 20.3 Å². The Morgan fingerprint density at radius 2 is 1.85 bits per heavy atom. The first-order valence-corrected chi connectivity index (χ1v) is 11.4. The van der Waals surface area contributed by atoms with E-state index in [1.54, 1.807) is 12.1 Å². The van der Waals surface area contributed by atoms with Crippen LogP contribution in [0.5, 0.6) is 5.75 Å². The molecule has 3 aromatic rings. The summed E-state index contributed by atoms with van der Waals surface area (Å²) in [5.41, 5.74) is 1.60. The van der Waals surface area contributed by atoms with Crippen molar-refractivity contribution >= 4 is 28.6 Å². The van der Waals surface area contributed by atoms with E-state index >= 15 is 0 Å². The lowest BCUT2D eigenvalue weighted by Gasteiger charge is -2.28. The lowest BCUT2D eigenvalue weighted by atomic mass is 9.85. The zero-order chi connectivity index (χ0) is 24.1. The Hall–Kier alpha value is -3.49. The zero-order valence-electron chi connectivity index (χ0n) is 19.3. The van der Waals surface area contributed by atoms with E-state index in [0.29, 0.717) is 11.5 Å². The minimum atomic E-state index is -2.87. The van der Waals surface area contributed by atoms with E-state index in [-0.39, 0.29) is 30.2 Å². The summed E-state index contributed by atoms with van der Waals surface area (Å²) in [5, 5.41) is 7.38. The van der Waals surface area contributed by atoms with Crippen molar-refractivity contribution in [1.82, 2.24) is 15.3 Å². The number of aromatic nitrogens is 2. The fourth-order valence-electron chi connectivity index (χ4n) is 4.31. The van der Waals surface area contributed by atoms with Crippen molar-refractivity contribution < 1.29 is 18.3 Å². The van der Waals surface area contributed by atoms with Crippen molar-refractivity contribution in [3.05, 3.63) is 54.1 Å². The molecule has 34 heavy (non-hydrogen) atoms. The lowest BCUT2D eigenvalue weighted by Crippen LogP contribution is -2.35. The number of nitrogens with one attached hydrogen (secondary N) is 2. The fourth-order valence-corrected chi connectivity index (χ4v) is 4.31. The number of ether oxygens (including phenoxy) is 1. The van der Waals surface area contributed by atoms with Crippen LogP contribution in [0, 0.1) is 5.92 Å².